The molecule has 1 atom stereocenters. The topological polar surface area (TPSA) is 89.4 Å². The van der Waals surface area contributed by atoms with Gasteiger partial charge in [-0.2, -0.15) is 4.31 Å². The summed E-state index contributed by atoms with van der Waals surface area (Å²) in [5, 5.41) is 3.67. The molecule has 1 fully saturated rings. The molecule has 0 spiro atoms. The molecule has 0 saturated carbocycles. The summed E-state index contributed by atoms with van der Waals surface area (Å²) in [6, 6.07) is 8.49. The lowest BCUT2D eigenvalue weighted by atomic mass is 9.81. The Bertz CT molecular complexity index is 791. The van der Waals surface area contributed by atoms with E-state index in [0.717, 1.165) is 0 Å². The van der Waals surface area contributed by atoms with E-state index in [1.165, 1.54) is 10.5 Å². The first-order valence-corrected chi connectivity index (χ1v) is 9.02. The number of hydrogen-bond acceptors (Lipinski definition) is 5. The average Bonchev–Trinajstić information content (AvgIpc) is 3.04. The molecule has 2 heterocycles. The Labute approximate surface area is 148 Å². The first-order chi connectivity index (χ1) is 10.8. The van der Waals surface area contributed by atoms with Crippen molar-refractivity contribution in [3.63, 3.8) is 0 Å². The second kappa shape index (κ2) is 6.84. The highest BCUT2D eigenvalue weighted by atomic mass is 35.5. The third-order valence-corrected chi connectivity index (χ3v) is 6.39. The minimum absolute atomic E-state index is 0. The lowest BCUT2D eigenvalue weighted by Crippen LogP contribution is -2.53. The van der Waals surface area contributed by atoms with E-state index in [1.807, 2.05) is 13.8 Å². The van der Waals surface area contributed by atoms with Gasteiger partial charge in [-0.15, -0.1) is 12.4 Å². The molecule has 1 aromatic heterocycles. The Kier molecular flexibility index (Phi) is 5.39. The van der Waals surface area contributed by atoms with Crippen LogP contribution in [0.5, 0.6) is 0 Å². The van der Waals surface area contributed by atoms with Crippen molar-refractivity contribution in [3.8, 4) is 11.3 Å². The molecule has 2 N–H and O–H groups in total. The van der Waals surface area contributed by atoms with E-state index in [1.54, 1.807) is 30.3 Å². The first kappa shape index (κ1) is 18.9. The van der Waals surface area contributed by atoms with Crippen molar-refractivity contribution in [3.05, 3.63) is 36.5 Å². The van der Waals surface area contributed by atoms with Crippen LogP contribution in [0.15, 0.2) is 45.9 Å². The van der Waals surface area contributed by atoms with E-state index in [0.29, 0.717) is 30.8 Å². The molecule has 6 nitrogen and oxygen atoms in total. The summed E-state index contributed by atoms with van der Waals surface area (Å²) >= 11 is 0. The highest BCUT2D eigenvalue weighted by molar-refractivity contribution is 7.89. The van der Waals surface area contributed by atoms with Crippen LogP contribution in [0.3, 0.4) is 0 Å². The Hall–Kier alpha value is -1.41. The normalized spacial score (nSPS) is 21.2. The predicted octanol–water partition coefficient (Wildman–Crippen LogP) is 2.51. The molecule has 1 saturated heterocycles. The summed E-state index contributed by atoms with van der Waals surface area (Å²) in [6.07, 6.45) is 2.15. The van der Waals surface area contributed by atoms with Gasteiger partial charge in [-0.1, -0.05) is 31.1 Å². The lowest BCUT2D eigenvalue weighted by Gasteiger charge is -2.41. The molecule has 132 valence electrons. The van der Waals surface area contributed by atoms with Crippen LogP contribution in [0.1, 0.15) is 20.3 Å². The SMILES string of the molecule is CC1(C)CN(S(=O)(=O)c2ccccc2-c2ccno2)CCC1N.Cl. The van der Waals surface area contributed by atoms with Crippen molar-refractivity contribution >= 4 is 22.4 Å². The molecule has 0 amide bonds. The minimum Gasteiger partial charge on any atom is -0.356 e. The number of halogens is 1. The maximum Gasteiger partial charge on any atom is 0.243 e. The van der Waals surface area contributed by atoms with E-state index in [9.17, 15) is 8.42 Å². The summed E-state index contributed by atoms with van der Waals surface area (Å²) in [6.45, 7) is 4.84. The van der Waals surface area contributed by atoms with Crippen molar-refractivity contribution in [1.82, 2.24) is 9.46 Å². The molecule has 0 bridgehead atoms. The molecule has 1 aromatic carbocycles. The van der Waals surface area contributed by atoms with Gasteiger partial charge in [0.05, 0.1) is 11.1 Å². The highest BCUT2D eigenvalue weighted by Crippen LogP contribution is 2.34. The molecule has 24 heavy (non-hydrogen) atoms. The van der Waals surface area contributed by atoms with Gasteiger partial charge in [-0.25, -0.2) is 8.42 Å². The standard InChI is InChI=1S/C16H21N3O3S.ClH/c1-16(2)11-19(10-8-15(16)17)23(20,21)14-6-4-3-5-12(14)13-7-9-18-22-13;/h3-7,9,15H,8,10-11,17H2,1-2H3;1H. The Morgan fingerprint density at radius 3 is 2.62 bits per heavy atom. The maximum absolute atomic E-state index is 13.1. The number of rotatable bonds is 3. The zero-order chi connectivity index (χ0) is 16.7. The lowest BCUT2D eigenvalue weighted by molar-refractivity contribution is 0.155. The number of nitrogens with two attached hydrogens (primary N) is 1. The van der Waals surface area contributed by atoms with E-state index >= 15 is 0 Å². The van der Waals surface area contributed by atoms with Gasteiger partial charge >= 0.3 is 0 Å². The van der Waals surface area contributed by atoms with E-state index in [2.05, 4.69) is 5.16 Å². The Morgan fingerprint density at radius 1 is 1.29 bits per heavy atom. The zero-order valence-corrected chi connectivity index (χ0v) is 15.3. The van der Waals surface area contributed by atoms with Gasteiger partial charge in [0.15, 0.2) is 5.76 Å². The quantitative estimate of drug-likeness (QED) is 0.895. The molecule has 0 radical (unpaired) electrons. The van der Waals surface area contributed by atoms with Gasteiger partial charge in [0.2, 0.25) is 10.0 Å². The number of hydrogen-bond donors (Lipinski definition) is 1. The van der Waals surface area contributed by atoms with E-state index in [4.69, 9.17) is 10.3 Å². The van der Waals surface area contributed by atoms with Crippen molar-refractivity contribution in [2.24, 2.45) is 11.1 Å². The van der Waals surface area contributed by atoms with E-state index < -0.39 is 10.0 Å². The van der Waals surface area contributed by atoms with Crippen molar-refractivity contribution < 1.29 is 12.9 Å². The highest BCUT2D eigenvalue weighted by Gasteiger charge is 2.39. The molecule has 1 aliphatic heterocycles. The summed E-state index contributed by atoms with van der Waals surface area (Å²) in [7, 11) is -3.62. The maximum atomic E-state index is 13.1. The third-order valence-electron chi connectivity index (χ3n) is 4.49. The van der Waals surface area contributed by atoms with Crippen LogP contribution in [0, 0.1) is 5.41 Å². The number of aromatic nitrogens is 1. The molecule has 3 rings (SSSR count). The van der Waals surface area contributed by atoms with Gasteiger partial charge < -0.3 is 10.3 Å². The first-order valence-electron chi connectivity index (χ1n) is 7.58. The van der Waals surface area contributed by atoms with Gasteiger partial charge in [0.1, 0.15) is 0 Å². The fourth-order valence-corrected chi connectivity index (χ4v) is 4.74. The van der Waals surface area contributed by atoms with Gasteiger partial charge in [-0.05, 0) is 24.0 Å². The van der Waals surface area contributed by atoms with Crippen LogP contribution < -0.4 is 5.73 Å². The molecule has 2 aromatic rings. The fraction of sp³-hybridized carbons (Fsp3) is 0.438. The molecule has 1 aliphatic rings. The summed E-state index contributed by atoms with van der Waals surface area (Å²) < 4.78 is 32.9. The molecular weight excluding hydrogens is 350 g/mol. The van der Waals surface area contributed by atoms with E-state index in [-0.39, 0.29) is 28.8 Å². The van der Waals surface area contributed by atoms with Gasteiger partial charge in [0, 0.05) is 30.8 Å². The Morgan fingerprint density at radius 2 is 2.00 bits per heavy atom. The predicted molar refractivity (Wildman–Crippen MR) is 94.3 cm³/mol. The van der Waals surface area contributed by atoms with Gasteiger partial charge in [0.25, 0.3) is 0 Å². The smallest absolute Gasteiger partial charge is 0.243 e. The number of nitrogens with zero attached hydrogens (tertiary/aromatic N) is 2. The second-order valence-corrected chi connectivity index (χ2v) is 8.50. The monoisotopic (exact) mass is 371 g/mol. The van der Waals surface area contributed by atoms with Gasteiger partial charge in [-0.3, -0.25) is 0 Å². The van der Waals surface area contributed by atoms with Crippen LogP contribution in [0.25, 0.3) is 11.3 Å². The largest absolute Gasteiger partial charge is 0.356 e. The average molecular weight is 372 g/mol. The number of piperidine rings is 1. The summed E-state index contributed by atoms with van der Waals surface area (Å²) in [5.41, 5.74) is 6.39. The van der Waals surface area contributed by atoms with Crippen LogP contribution in [-0.2, 0) is 10.0 Å². The summed E-state index contributed by atoms with van der Waals surface area (Å²) in [4.78, 5) is 0.239. The second-order valence-electron chi connectivity index (χ2n) is 6.60. The molecule has 0 aliphatic carbocycles. The number of sulfonamides is 1. The molecule has 8 heteroatoms. The van der Waals surface area contributed by atoms with Crippen LogP contribution in [-0.4, -0.2) is 37.0 Å². The van der Waals surface area contributed by atoms with Crippen LogP contribution in [0.4, 0.5) is 0 Å². The Balaban J connectivity index is 0.00000208. The van der Waals surface area contributed by atoms with Crippen molar-refractivity contribution in [2.75, 3.05) is 13.1 Å². The molecule has 1 unspecified atom stereocenters. The van der Waals surface area contributed by atoms with Crippen molar-refractivity contribution in [2.45, 2.75) is 31.2 Å². The fourth-order valence-electron chi connectivity index (χ4n) is 2.92. The third kappa shape index (κ3) is 3.35. The van der Waals surface area contributed by atoms with Crippen molar-refractivity contribution in [1.29, 1.82) is 0 Å². The zero-order valence-electron chi connectivity index (χ0n) is 13.7. The van der Waals surface area contributed by atoms with Crippen LogP contribution in [0.2, 0.25) is 0 Å². The minimum atomic E-state index is -3.62. The summed E-state index contributed by atoms with van der Waals surface area (Å²) in [5.74, 6) is 0.442. The molecular formula is C16H22ClN3O3S. The van der Waals surface area contributed by atoms with Crippen LogP contribution >= 0.6 is 12.4 Å². The number of benzene rings is 1.